The SMILES string of the molecule is CO[C@@H](C(O)C(=O)c1ccccc1)[C@@](O)(C(=O)c1ccccc1)C(O)C(=O)c1ccccc1. The quantitative estimate of drug-likeness (QED) is 0.406. The molecule has 7 nitrogen and oxygen atoms in total. The van der Waals surface area contributed by atoms with Crippen LogP contribution in [-0.2, 0) is 4.74 Å². The van der Waals surface area contributed by atoms with E-state index >= 15 is 0 Å². The maximum atomic E-state index is 13.4. The Kier molecular flexibility index (Phi) is 7.63. The van der Waals surface area contributed by atoms with Gasteiger partial charge in [-0.25, -0.2) is 0 Å². The third-order valence-electron chi connectivity index (χ3n) is 5.42. The number of benzene rings is 3. The van der Waals surface area contributed by atoms with Gasteiger partial charge >= 0.3 is 0 Å². The monoisotopic (exact) mass is 448 g/mol. The number of carbonyl (C=O) groups excluding carboxylic acids is 3. The highest BCUT2D eigenvalue weighted by Crippen LogP contribution is 2.29. The Hall–Kier alpha value is -3.49. The maximum absolute atomic E-state index is 13.4. The second kappa shape index (κ2) is 10.4. The van der Waals surface area contributed by atoms with E-state index in [0.29, 0.717) is 0 Å². The molecular weight excluding hydrogens is 424 g/mol. The first kappa shape index (κ1) is 24.2. The highest BCUT2D eigenvalue weighted by atomic mass is 16.5. The lowest BCUT2D eigenvalue weighted by molar-refractivity contribution is -0.143. The summed E-state index contributed by atoms with van der Waals surface area (Å²) in [7, 11) is 1.06. The van der Waals surface area contributed by atoms with Crippen LogP contribution in [0, 0.1) is 0 Å². The molecule has 7 heteroatoms. The van der Waals surface area contributed by atoms with Crippen LogP contribution in [0.5, 0.6) is 0 Å². The molecule has 3 aromatic rings. The van der Waals surface area contributed by atoms with E-state index in [9.17, 15) is 29.7 Å². The Morgan fingerprint density at radius 2 is 1.09 bits per heavy atom. The Bertz CT molecular complexity index is 1100. The summed E-state index contributed by atoms with van der Waals surface area (Å²) in [6, 6.07) is 22.8. The fourth-order valence-corrected chi connectivity index (χ4v) is 3.65. The molecule has 0 saturated carbocycles. The summed E-state index contributed by atoms with van der Waals surface area (Å²) < 4.78 is 5.22. The van der Waals surface area contributed by atoms with Gasteiger partial charge in [-0.1, -0.05) is 91.0 Å². The predicted octanol–water partition coefficient (Wildman–Crippen LogP) is 2.10. The van der Waals surface area contributed by atoms with Crippen LogP contribution < -0.4 is 0 Å². The molecule has 0 radical (unpaired) electrons. The molecule has 3 N–H and O–H groups in total. The highest BCUT2D eigenvalue weighted by molar-refractivity contribution is 6.11. The Balaban J connectivity index is 2.09. The van der Waals surface area contributed by atoms with Crippen LogP contribution in [0.25, 0.3) is 0 Å². The predicted molar refractivity (Wildman–Crippen MR) is 120 cm³/mol. The van der Waals surface area contributed by atoms with E-state index in [0.717, 1.165) is 7.11 Å². The van der Waals surface area contributed by atoms with Crippen molar-refractivity contribution in [2.24, 2.45) is 0 Å². The van der Waals surface area contributed by atoms with Gasteiger partial charge in [-0.2, -0.15) is 0 Å². The topological polar surface area (TPSA) is 121 Å². The lowest BCUT2D eigenvalue weighted by Gasteiger charge is -2.38. The first-order chi connectivity index (χ1) is 15.8. The molecule has 2 unspecified atom stereocenters. The highest BCUT2D eigenvalue weighted by Gasteiger charge is 2.57. The van der Waals surface area contributed by atoms with Gasteiger partial charge in [0.05, 0.1) is 0 Å². The number of hydrogen-bond donors (Lipinski definition) is 3. The molecule has 0 saturated heterocycles. The number of rotatable bonds is 10. The fourth-order valence-electron chi connectivity index (χ4n) is 3.65. The van der Waals surface area contributed by atoms with Gasteiger partial charge < -0.3 is 20.1 Å². The van der Waals surface area contributed by atoms with Gasteiger partial charge in [-0.3, -0.25) is 14.4 Å². The zero-order chi connectivity index (χ0) is 24.0. The van der Waals surface area contributed by atoms with Crippen molar-refractivity contribution in [3.05, 3.63) is 108 Å². The van der Waals surface area contributed by atoms with Crippen molar-refractivity contribution in [1.82, 2.24) is 0 Å². The van der Waals surface area contributed by atoms with E-state index in [1.54, 1.807) is 42.5 Å². The summed E-state index contributed by atoms with van der Waals surface area (Å²) in [5.74, 6) is -2.89. The van der Waals surface area contributed by atoms with Crippen molar-refractivity contribution < 1.29 is 34.4 Å². The van der Waals surface area contributed by atoms with E-state index in [1.807, 2.05) is 0 Å². The van der Waals surface area contributed by atoms with E-state index in [4.69, 9.17) is 4.74 Å². The molecule has 0 heterocycles. The van der Waals surface area contributed by atoms with Crippen LogP contribution >= 0.6 is 0 Å². The van der Waals surface area contributed by atoms with Crippen molar-refractivity contribution in [3.63, 3.8) is 0 Å². The normalized spacial score (nSPS) is 15.6. The largest absolute Gasteiger partial charge is 0.382 e. The molecule has 0 aliphatic rings. The molecule has 3 rings (SSSR count). The van der Waals surface area contributed by atoms with Crippen LogP contribution in [0.15, 0.2) is 91.0 Å². The summed E-state index contributed by atoms with van der Waals surface area (Å²) >= 11 is 0. The van der Waals surface area contributed by atoms with E-state index in [1.165, 1.54) is 48.5 Å². The molecule has 170 valence electrons. The van der Waals surface area contributed by atoms with Crippen molar-refractivity contribution in [2.75, 3.05) is 7.11 Å². The van der Waals surface area contributed by atoms with Gasteiger partial charge in [0.2, 0.25) is 0 Å². The number of Topliss-reactive ketones (excluding diaryl/α,β-unsaturated/α-hetero) is 3. The summed E-state index contributed by atoms with van der Waals surface area (Å²) in [4.78, 5) is 39.4. The molecule has 0 bridgehead atoms. The molecule has 0 aliphatic heterocycles. The minimum absolute atomic E-state index is 0.0306. The van der Waals surface area contributed by atoms with Crippen molar-refractivity contribution in [3.8, 4) is 0 Å². The molecule has 0 spiro atoms. The summed E-state index contributed by atoms with van der Waals surface area (Å²) in [6.07, 6.45) is -6.36. The van der Waals surface area contributed by atoms with Gasteiger partial charge in [-0.05, 0) is 0 Å². The molecule has 0 fully saturated rings. The van der Waals surface area contributed by atoms with Gasteiger partial charge in [0.1, 0.15) is 12.2 Å². The lowest BCUT2D eigenvalue weighted by atomic mass is 9.76. The van der Waals surface area contributed by atoms with Crippen LogP contribution in [0.1, 0.15) is 31.1 Å². The minimum atomic E-state index is -2.98. The molecule has 0 aliphatic carbocycles. The second-order valence-corrected chi connectivity index (χ2v) is 7.48. The van der Waals surface area contributed by atoms with Gasteiger partial charge in [-0.15, -0.1) is 0 Å². The van der Waals surface area contributed by atoms with E-state index in [-0.39, 0.29) is 16.7 Å². The van der Waals surface area contributed by atoms with E-state index < -0.39 is 41.3 Å². The number of ketones is 3. The first-order valence-electron chi connectivity index (χ1n) is 10.2. The fraction of sp³-hybridized carbons (Fsp3) is 0.192. The van der Waals surface area contributed by atoms with Crippen LogP contribution in [0.4, 0.5) is 0 Å². The smallest absolute Gasteiger partial charge is 0.200 e. The molecule has 4 atom stereocenters. The average Bonchev–Trinajstić information content (AvgIpc) is 2.88. The zero-order valence-corrected chi connectivity index (χ0v) is 17.9. The minimum Gasteiger partial charge on any atom is -0.382 e. The Morgan fingerprint density at radius 3 is 1.52 bits per heavy atom. The third-order valence-corrected chi connectivity index (χ3v) is 5.42. The Morgan fingerprint density at radius 1 is 0.697 bits per heavy atom. The van der Waals surface area contributed by atoms with Crippen molar-refractivity contribution in [1.29, 1.82) is 0 Å². The second-order valence-electron chi connectivity index (χ2n) is 7.48. The van der Waals surface area contributed by atoms with E-state index in [2.05, 4.69) is 0 Å². The zero-order valence-electron chi connectivity index (χ0n) is 17.9. The summed E-state index contributed by atoms with van der Waals surface area (Å²) in [5, 5.41) is 33.5. The van der Waals surface area contributed by atoms with Crippen molar-refractivity contribution >= 4 is 17.3 Å². The number of methoxy groups -OCH3 is 1. The van der Waals surface area contributed by atoms with Gasteiger partial charge in [0.15, 0.2) is 29.1 Å². The van der Waals surface area contributed by atoms with Crippen LogP contribution in [0.2, 0.25) is 0 Å². The summed E-state index contributed by atoms with van der Waals surface area (Å²) in [6.45, 7) is 0. The number of carbonyl (C=O) groups is 3. The first-order valence-corrected chi connectivity index (χ1v) is 10.2. The van der Waals surface area contributed by atoms with Crippen LogP contribution in [0.3, 0.4) is 0 Å². The van der Waals surface area contributed by atoms with Gasteiger partial charge in [0.25, 0.3) is 0 Å². The average molecular weight is 448 g/mol. The molecular formula is C26H24O7. The maximum Gasteiger partial charge on any atom is 0.200 e. The third kappa shape index (κ3) is 4.81. The Labute approximate surface area is 190 Å². The summed E-state index contributed by atoms with van der Waals surface area (Å²) in [5.41, 5.74) is -2.89. The van der Waals surface area contributed by atoms with Crippen LogP contribution in [-0.4, -0.2) is 63.7 Å². The number of ether oxygens (including phenoxy) is 1. The van der Waals surface area contributed by atoms with Gasteiger partial charge in [0, 0.05) is 23.8 Å². The van der Waals surface area contributed by atoms with Crippen molar-refractivity contribution in [2.45, 2.75) is 23.9 Å². The standard InChI is InChI=1S/C26H24O7/c1-33-25(22(29)20(27)17-11-5-2-6-12-17)26(32,23(30)19-15-9-4-10-16-19)24(31)21(28)18-13-7-3-8-14-18/h2-16,22,24-25,29,31-32H,1H3/t22?,24?,25-,26+/m0/s1. The molecule has 0 aromatic heterocycles. The number of aliphatic hydroxyl groups is 3. The number of hydrogen-bond acceptors (Lipinski definition) is 7. The number of aliphatic hydroxyl groups excluding tert-OH is 2. The molecule has 33 heavy (non-hydrogen) atoms. The molecule has 3 aromatic carbocycles. The lowest BCUT2D eigenvalue weighted by Crippen LogP contribution is -2.65. The molecule has 0 amide bonds.